The normalized spacial score (nSPS) is 33.3. The summed E-state index contributed by atoms with van der Waals surface area (Å²) in [5, 5.41) is 15.8. The van der Waals surface area contributed by atoms with Gasteiger partial charge in [-0.25, -0.2) is 19.9 Å². The molecule has 3 fully saturated rings. The van der Waals surface area contributed by atoms with Gasteiger partial charge in [0.05, 0.1) is 19.6 Å². The number of hydroxylamine groups is 3. The molecule has 3 saturated heterocycles. The van der Waals surface area contributed by atoms with Gasteiger partial charge in [0.1, 0.15) is 30.8 Å². The van der Waals surface area contributed by atoms with Crippen molar-refractivity contribution in [2.45, 2.75) is 18.4 Å². The zero-order valence-electron chi connectivity index (χ0n) is 13.7. The fourth-order valence-electron chi connectivity index (χ4n) is 4.22. The maximum atomic E-state index is 12.7. The predicted molar refractivity (Wildman–Crippen MR) is 89.8 cm³/mol. The fraction of sp³-hybridized carbons (Fsp3) is 0.500. The number of rotatable bonds is 2. The van der Waals surface area contributed by atoms with Crippen molar-refractivity contribution in [1.82, 2.24) is 19.5 Å². The molecule has 25 heavy (non-hydrogen) atoms. The average Bonchev–Trinajstić information content (AvgIpc) is 3.26. The maximum absolute atomic E-state index is 12.7. The number of aliphatic imine (C=N–C) groups is 1. The summed E-state index contributed by atoms with van der Waals surface area (Å²) in [4.78, 5) is 17.0. The number of fused-ring (bicyclic) bond motifs is 2. The van der Waals surface area contributed by atoms with E-state index in [0.717, 1.165) is 12.8 Å². The molecular formula is C16H19N7O2. The Kier molecular flexibility index (Phi) is 3.10. The van der Waals surface area contributed by atoms with E-state index in [0.29, 0.717) is 49.8 Å². The lowest BCUT2D eigenvalue weighted by molar-refractivity contribution is -0.905. The Bertz CT molecular complexity index is 814. The number of imidazole rings is 1. The molecule has 6 rings (SSSR count). The molecule has 0 radical (unpaired) electrons. The average molecular weight is 341 g/mol. The smallest absolute Gasteiger partial charge is 0.291 e. The third kappa shape index (κ3) is 2.47. The monoisotopic (exact) mass is 341 g/mol. The summed E-state index contributed by atoms with van der Waals surface area (Å²) in [6, 6.07) is 2.24. The molecule has 1 atom stereocenters. The van der Waals surface area contributed by atoms with E-state index in [1.54, 1.807) is 23.2 Å². The molecular weight excluding hydrogens is 322 g/mol. The highest BCUT2D eigenvalue weighted by atomic mass is 16.6. The predicted octanol–water partition coefficient (Wildman–Crippen LogP) is 0.937. The number of quaternary nitrogens is 1. The third-order valence-electron chi connectivity index (χ3n) is 5.52. The largest absolute Gasteiger partial charge is 0.633 e. The topological polar surface area (TPSA) is 100 Å². The minimum absolute atomic E-state index is 0.141. The number of hydrogen-bond acceptors (Lipinski definition) is 7. The fourth-order valence-corrected chi connectivity index (χ4v) is 4.22. The molecule has 4 aliphatic rings. The Labute approximate surface area is 144 Å². The molecule has 6 heterocycles. The zero-order chi connectivity index (χ0) is 16.9. The SMILES string of the molecule is [O-][N+]12CCC(CC1)C1(CN=C(Nc3cc(-n4ccnc4)ncn3)O1)C2. The highest BCUT2D eigenvalue weighted by molar-refractivity contribution is 5.89. The highest BCUT2D eigenvalue weighted by Gasteiger charge is 2.56. The van der Waals surface area contributed by atoms with E-state index in [4.69, 9.17) is 4.74 Å². The molecule has 0 aliphatic carbocycles. The highest BCUT2D eigenvalue weighted by Crippen LogP contribution is 2.44. The molecule has 2 aromatic heterocycles. The summed E-state index contributed by atoms with van der Waals surface area (Å²) in [6.45, 7) is 2.45. The van der Waals surface area contributed by atoms with Crippen LogP contribution in [0.1, 0.15) is 12.8 Å². The Morgan fingerprint density at radius 2 is 2.20 bits per heavy atom. The van der Waals surface area contributed by atoms with Gasteiger partial charge in [-0.05, 0) is 0 Å². The summed E-state index contributed by atoms with van der Waals surface area (Å²) in [6.07, 6.45) is 8.51. The minimum atomic E-state index is -0.444. The molecule has 1 spiro atoms. The van der Waals surface area contributed by atoms with Gasteiger partial charge in [0.25, 0.3) is 6.02 Å². The van der Waals surface area contributed by atoms with E-state index in [9.17, 15) is 5.21 Å². The molecule has 4 aliphatic heterocycles. The van der Waals surface area contributed by atoms with Gasteiger partial charge < -0.3 is 14.6 Å². The van der Waals surface area contributed by atoms with Crippen LogP contribution in [0.4, 0.5) is 5.82 Å². The van der Waals surface area contributed by atoms with E-state index in [1.165, 1.54) is 6.33 Å². The maximum Gasteiger partial charge on any atom is 0.291 e. The second kappa shape index (κ2) is 5.24. The van der Waals surface area contributed by atoms with E-state index in [-0.39, 0.29) is 4.65 Å². The van der Waals surface area contributed by atoms with Gasteiger partial charge in [-0.2, -0.15) is 0 Å². The van der Waals surface area contributed by atoms with Gasteiger partial charge in [0.2, 0.25) is 0 Å². The lowest BCUT2D eigenvalue weighted by Crippen LogP contribution is -2.67. The number of nitrogens with zero attached hydrogens (tertiary/aromatic N) is 6. The van der Waals surface area contributed by atoms with Crippen LogP contribution in [0, 0.1) is 11.1 Å². The molecule has 0 saturated carbocycles. The van der Waals surface area contributed by atoms with Crippen molar-refractivity contribution in [3.8, 4) is 5.82 Å². The number of hydrogen-bond donors (Lipinski definition) is 1. The third-order valence-corrected chi connectivity index (χ3v) is 5.52. The number of piperidine rings is 3. The van der Waals surface area contributed by atoms with E-state index < -0.39 is 5.60 Å². The van der Waals surface area contributed by atoms with Crippen LogP contribution in [0.5, 0.6) is 0 Å². The van der Waals surface area contributed by atoms with Crippen LogP contribution < -0.4 is 5.32 Å². The van der Waals surface area contributed by atoms with E-state index in [2.05, 4.69) is 25.3 Å². The molecule has 9 nitrogen and oxygen atoms in total. The second-order valence-corrected chi connectivity index (χ2v) is 7.08. The number of ether oxygens (including phenoxy) is 1. The van der Waals surface area contributed by atoms with Crippen molar-refractivity contribution >= 4 is 11.8 Å². The van der Waals surface area contributed by atoms with Crippen LogP contribution in [-0.4, -0.2) is 62.0 Å². The van der Waals surface area contributed by atoms with Crippen LogP contribution in [0.15, 0.2) is 36.1 Å². The lowest BCUT2D eigenvalue weighted by Gasteiger charge is -2.58. The number of aromatic nitrogens is 4. The van der Waals surface area contributed by atoms with Crippen LogP contribution in [0.2, 0.25) is 0 Å². The van der Waals surface area contributed by atoms with Gasteiger partial charge in [-0.1, -0.05) is 0 Å². The number of anilines is 1. The lowest BCUT2D eigenvalue weighted by atomic mass is 9.75. The quantitative estimate of drug-likeness (QED) is 0.644. The Balaban J connectivity index is 1.33. The Morgan fingerprint density at radius 3 is 2.96 bits per heavy atom. The van der Waals surface area contributed by atoms with Crippen LogP contribution in [0.25, 0.3) is 5.82 Å². The summed E-state index contributed by atoms with van der Waals surface area (Å²) >= 11 is 0. The molecule has 130 valence electrons. The summed E-state index contributed by atoms with van der Waals surface area (Å²) in [7, 11) is 0. The standard InChI is InChI=1S/C16H19N7O2/c24-23-5-1-12(2-6-23)16(9-23)8-18-15(25-16)21-13-7-14(20-10-19-13)22-4-3-17-11-22/h3-4,7,10-12H,1-2,5-6,8-9H2,(H,18,19,20,21). The van der Waals surface area contributed by atoms with Crippen LogP contribution in [-0.2, 0) is 4.74 Å². The van der Waals surface area contributed by atoms with Crippen molar-refractivity contribution in [2.24, 2.45) is 10.9 Å². The van der Waals surface area contributed by atoms with Gasteiger partial charge in [0, 0.05) is 37.2 Å². The molecule has 1 unspecified atom stereocenters. The molecule has 9 heteroatoms. The van der Waals surface area contributed by atoms with Crippen molar-refractivity contribution in [3.05, 3.63) is 36.3 Å². The van der Waals surface area contributed by atoms with Crippen molar-refractivity contribution in [2.75, 3.05) is 31.5 Å². The van der Waals surface area contributed by atoms with E-state index >= 15 is 0 Å². The van der Waals surface area contributed by atoms with Gasteiger partial charge in [-0.15, -0.1) is 0 Å². The Morgan fingerprint density at radius 1 is 1.32 bits per heavy atom. The molecule has 2 aromatic rings. The van der Waals surface area contributed by atoms with Crippen molar-refractivity contribution in [3.63, 3.8) is 0 Å². The summed E-state index contributed by atoms with van der Waals surface area (Å²) in [5.74, 6) is 1.72. The second-order valence-electron chi connectivity index (χ2n) is 7.08. The number of nitrogens with one attached hydrogen (secondary N) is 1. The first kappa shape index (κ1) is 14.8. The summed E-state index contributed by atoms with van der Waals surface area (Å²) in [5.41, 5.74) is -0.444. The first-order valence-electron chi connectivity index (χ1n) is 8.52. The number of amidine groups is 1. The first-order valence-corrected chi connectivity index (χ1v) is 8.52. The van der Waals surface area contributed by atoms with Crippen LogP contribution >= 0.6 is 0 Å². The minimum Gasteiger partial charge on any atom is -0.633 e. The molecule has 0 amide bonds. The molecule has 0 aromatic carbocycles. The zero-order valence-corrected chi connectivity index (χ0v) is 13.7. The van der Waals surface area contributed by atoms with Gasteiger partial charge in [0.15, 0.2) is 5.60 Å². The van der Waals surface area contributed by atoms with Crippen molar-refractivity contribution in [1.29, 1.82) is 0 Å². The molecule has 1 N–H and O–H groups in total. The molecule has 2 bridgehead atoms. The van der Waals surface area contributed by atoms with Gasteiger partial charge in [-0.3, -0.25) is 9.88 Å². The van der Waals surface area contributed by atoms with Crippen LogP contribution in [0.3, 0.4) is 0 Å². The van der Waals surface area contributed by atoms with Gasteiger partial charge >= 0.3 is 0 Å². The first-order chi connectivity index (χ1) is 12.1. The summed E-state index contributed by atoms with van der Waals surface area (Å²) < 4.78 is 7.82. The van der Waals surface area contributed by atoms with Crippen molar-refractivity contribution < 1.29 is 9.38 Å². The van der Waals surface area contributed by atoms with E-state index in [1.807, 2.05) is 6.20 Å². The Hall–Kier alpha value is -2.52.